The first-order chi connectivity index (χ1) is 9.12. The van der Waals surface area contributed by atoms with Gasteiger partial charge in [-0.3, -0.25) is 4.79 Å². The van der Waals surface area contributed by atoms with Crippen molar-refractivity contribution < 1.29 is 14.3 Å². The number of carbonyl (C=O) groups is 2. The first-order valence-electron chi connectivity index (χ1n) is 6.83. The minimum Gasteiger partial charge on any atom is -0.466 e. The lowest BCUT2D eigenvalue weighted by atomic mass is 9.94. The summed E-state index contributed by atoms with van der Waals surface area (Å²) in [5, 5.41) is 0. The molecule has 2 atom stereocenters. The smallest absolute Gasteiger partial charge is 0.308 e. The average Bonchev–Trinajstić information content (AvgIpc) is 2.42. The Morgan fingerprint density at radius 2 is 1.89 bits per heavy atom. The number of rotatable bonds is 7. The molecule has 0 aliphatic carbocycles. The molecule has 0 amide bonds. The van der Waals surface area contributed by atoms with Crippen LogP contribution in [0.15, 0.2) is 24.3 Å². The van der Waals surface area contributed by atoms with Crippen molar-refractivity contribution >= 4 is 12.3 Å². The third-order valence-corrected chi connectivity index (χ3v) is 3.24. The molecule has 0 bridgehead atoms. The van der Waals surface area contributed by atoms with E-state index >= 15 is 0 Å². The van der Waals surface area contributed by atoms with Crippen LogP contribution in [0.25, 0.3) is 0 Å². The maximum Gasteiger partial charge on any atom is 0.308 e. The first kappa shape index (κ1) is 15.4. The fourth-order valence-corrected chi connectivity index (χ4v) is 2.03. The topological polar surface area (TPSA) is 43.4 Å². The van der Waals surface area contributed by atoms with Crippen LogP contribution < -0.4 is 0 Å². The number of hydrogen-bond acceptors (Lipinski definition) is 3. The van der Waals surface area contributed by atoms with E-state index in [4.69, 9.17) is 4.74 Å². The molecule has 19 heavy (non-hydrogen) atoms. The van der Waals surface area contributed by atoms with Gasteiger partial charge in [0.15, 0.2) is 0 Å². The van der Waals surface area contributed by atoms with Gasteiger partial charge in [-0.15, -0.1) is 0 Å². The SMILES string of the molecule is CCOC(=O)C(C)Cc1ccc(C(C=O)CC)cc1. The van der Waals surface area contributed by atoms with E-state index in [1.54, 1.807) is 0 Å². The molecule has 1 aromatic carbocycles. The van der Waals surface area contributed by atoms with Crippen molar-refractivity contribution in [2.24, 2.45) is 5.92 Å². The number of hydrogen-bond donors (Lipinski definition) is 0. The van der Waals surface area contributed by atoms with Gasteiger partial charge in [-0.2, -0.15) is 0 Å². The predicted octanol–water partition coefficient (Wildman–Crippen LogP) is 3.12. The van der Waals surface area contributed by atoms with Gasteiger partial charge in [0.2, 0.25) is 0 Å². The maximum atomic E-state index is 11.5. The number of aldehydes is 1. The first-order valence-corrected chi connectivity index (χ1v) is 6.83. The Bertz CT molecular complexity index is 409. The summed E-state index contributed by atoms with van der Waals surface area (Å²) in [7, 11) is 0. The van der Waals surface area contributed by atoms with E-state index in [2.05, 4.69) is 0 Å². The monoisotopic (exact) mass is 262 g/mol. The second-order valence-electron chi connectivity index (χ2n) is 4.75. The normalized spacial score (nSPS) is 13.6. The molecule has 104 valence electrons. The van der Waals surface area contributed by atoms with Gasteiger partial charge in [-0.25, -0.2) is 0 Å². The van der Waals surface area contributed by atoms with Crippen molar-refractivity contribution in [2.75, 3.05) is 6.61 Å². The second kappa shape index (κ2) is 7.72. The Balaban J connectivity index is 2.66. The van der Waals surface area contributed by atoms with Crippen LogP contribution in [-0.2, 0) is 20.7 Å². The van der Waals surface area contributed by atoms with Crippen LogP contribution >= 0.6 is 0 Å². The number of ether oxygens (including phenoxy) is 1. The zero-order valence-electron chi connectivity index (χ0n) is 11.9. The van der Waals surface area contributed by atoms with Crippen molar-refractivity contribution in [2.45, 2.75) is 39.5 Å². The summed E-state index contributed by atoms with van der Waals surface area (Å²) in [5.74, 6) is -0.332. The summed E-state index contributed by atoms with van der Waals surface area (Å²) in [6.45, 7) is 6.09. The quantitative estimate of drug-likeness (QED) is 0.560. The molecule has 0 aromatic heterocycles. The molecule has 1 rings (SSSR count). The highest BCUT2D eigenvalue weighted by molar-refractivity contribution is 5.72. The van der Waals surface area contributed by atoms with Crippen molar-refractivity contribution in [1.82, 2.24) is 0 Å². The number of benzene rings is 1. The molecule has 0 radical (unpaired) electrons. The van der Waals surface area contributed by atoms with Crippen LogP contribution in [0, 0.1) is 5.92 Å². The Morgan fingerprint density at radius 3 is 2.37 bits per heavy atom. The molecular formula is C16H22O3. The Labute approximate surface area is 115 Å². The number of esters is 1. The van der Waals surface area contributed by atoms with Gasteiger partial charge in [-0.1, -0.05) is 38.1 Å². The van der Waals surface area contributed by atoms with E-state index in [0.29, 0.717) is 13.0 Å². The van der Waals surface area contributed by atoms with E-state index in [0.717, 1.165) is 23.8 Å². The summed E-state index contributed by atoms with van der Waals surface area (Å²) in [6.07, 6.45) is 2.45. The number of carbonyl (C=O) groups excluding carboxylic acids is 2. The van der Waals surface area contributed by atoms with Gasteiger partial charge < -0.3 is 9.53 Å². The van der Waals surface area contributed by atoms with E-state index in [-0.39, 0.29) is 17.8 Å². The van der Waals surface area contributed by atoms with Crippen molar-refractivity contribution in [3.8, 4) is 0 Å². The fraction of sp³-hybridized carbons (Fsp3) is 0.500. The molecule has 3 nitrogen and oxygen atoms in total. The highest BCUT2D eigenvalue weighted by Crippen LogP contribution is 2.19. The third kappa shape index (κ3) is 4.51. The fourth-order valence-electron chi connectivity index (χ4n) is 2.03. The zero-order valence-corrected chi connectivity index (χ0v) is 11.9. The molecule has 0 saturated carbocycles. The summed E-state index contributed by atoms with van der Waals surface area (Å²) in [5.41, 5.74) is 2.12. The van der Waals surface area contributed by atoms with Gasteiger partial charge in [0, 0.05) is 5.92 Å². The Kier molecular flexibility index (Phi) is 6.26. The van der Waals surface area contributed by atoms with Crippen LogP contribution in [0.1, 0.15) is 44.2 Å². The van der Waals surface area contributed by atoms with E-state index in [1.165, 1.54) is 0 Å². The molecule has 0 saturated heterocycles. The maximum absolute atomic E-state index is 11.5. The van der Waals surface area contributed by atoms with Crippen LogP contribution in [0.2, 0.25) is 0 Å². The summed E-state index contributed by atoms with van der Waals surface area (Å²) in [6, 6.07) is 7.90. The molecule has 0 aliphatic rings. The summed E-state index contributed by atoms with van der Waals surface area (Å²) in [4.78, 5) is 22.4. The molecule has 3 heteroatoms. The molecule has 0 spiro atoms. The average molecular weight is 262 g/mol. The van der Waals surface area contributed by atoms with Crippen molar-refractivity contribution in [1.29, 1.82) is 0 Å². The second-order valence-corrected chi connectivity index (χ2v) is 4.75. The van der Waals surface area contributed by atoms with E-state index in [9.17, 15) is 9.59 Å². The zero-order chi connectivity index (χ0) is 14.3. The highest BCUT2D eigenvalue weighted by atomic mass is 16.5. The minimum atomic E-state index is -0.161. The lowest BCUT2D eigenvalue weighted by Crippen LogP contribution is -2.16. The van der Waals surface area contributed by atoms with Gasteiger partial charge in [0.25, 0.3) is 0 Å². The van der Waals surface area contributed by atoms with Gasteiger partial charge in [0.05, 0.1) is 12.5 Å². The van der Waals surface area contributed by atoms with E-state index in [1.807, 2.05) is 45.0 Å². The van der Waals surface area contributed by atoms with Crippen LogP contribution in [0.3, 0.4) is 0 Å². The van der Waals surface area contributed by atoms with E-state index < -0.39 is 0 Å². The molecule has 2 unspecified atom stereocenters. The van der Waals surface area contributed by atoms with Gasteiger partial charge in [-0.05, 0) is 30.9 Å². The Hall–Kier alpha value is -1.64. The molecule has 0 N–H and O–H groups in total. The molecule has 0 aliphatic heterocycles. The van der Waals surface area contributed by atoms with Crippen LogP contribution in [0.5, 0.6) is 0 Å². The lowest BCUT2D eigenvalue weighted by molar-refractivity contribution is -0.147. The largest absolute Gasteiger partial charge is 0.466 e. The summed E-state index contributed by atoms with van der Waals surface area (Å²) < 4.78 is 4.99. The molecule has 1 aromatic rings. The van der Waals surface area contributed by atoms with Crippen LogP contribution in [0.4, 0.5) is 0 Å². The standard InChI is InChI=1S/C16H22O3/c1-4-14(11-17)15-8-6-13(7-9-15)10-12(3)16(18)19-5-2/h6-9,11-12,14H,4-5,10H2,1-3H3. The van der Waals surface area contributed by atoms with Crippen molar-refractivity contribution in [3.05, 3.63) is 35.4 Å². The predicted molar refractivity (Wildman–Crippen MR) is 75.0 cm³/mol. The molecule has 0 fully saturated rings. The lowest BCUT2D eigenvalue weighted by Gasteiger charge is -2.12. The van der Waals surface area contributed by atoms with Crippen LogP contribution in [-0.4, -0.2) is 18.9 Å². The van der Waals surface area contributed by atoms with Gasteiger partial charge >= 0.3 is 5.97 Å². The third-order valence-electron chi connectivity index (χ3n) is 3.24. The van der Waals surface area contributed by atoms with Gasteiger partial charge in [0.1, 0.15) is 6.29 Å². The highest BCUT2D eigenvalue weighted by Gasteiger charge is 2.15. The summed E-state index contributed by atoms with van der Waals surface area (Å²) >= 11 is 0. The Morgan fingerprint density at radius 1 is 1.26 bits per heavy atom. The van der Waals surface area contributed by atoms with Crippen molar-refractivity contribution in [3.63, 3.8) is 0 Å². The molecular weight excluding hydrogens is 240 g/mol. The molecule has 0 heterocycles. The minimum absolute atomic E-state index is 0.0310.